The first-order valence-electron chi connectivity index (χ1n) is 12.0. The van der Waals surface area contributed by atoms with Gasteiger partial charge in [-0.1, -0.05) is 38.3 Å². The third-order valence-corrected chi connectivity index (χ3v) is 7.17. The van der Waals surface area contributed by atoms with Crippen LogP contribution in [0.1, 0.15) is 78.2 Å². The van der Waals surface area contributed by atoms with Crippen LogP contribution in [0.5, 0.6) is 0 Å². The second kappa shape index (κ2) is 9.70. The summed E-state index contributed by atoms with van der Waals surface area (Å²) in [7, 11) is 0. The molecule has 0 aromatic heterocycles. The van der Waals surface area contributed by atoms with Crippen LogP contribution in [0.3, 0.4) is 0 Å². The molecule has 1 aliphatic heterocycles. The zero-order valence-electron chi connectivity index (χ0n) is 19.7. The van der Waals surface area contributed by atoms with Gasteiger partial charge in [-0.25, -0.2) is 4.39 Å². The summed E-state index contributed by atoms with van der Waals surface area (Å²) >= 11 is 0. The van der Waals surface area contributed by atoms with Crippen LogP contribution < -0.4 is 5.32 Å². The summed E-state index contributed by atoms with van der Waals surface area (Å²) in [4.78, 5) is 28.5. The molecule has 5 heteroatoms. The molecule has 1 aromatic rings. The third kappa shape index (κ3) is 5.87. The summed E-state index contributed by atoms with van der Waals surface area (Å²) < 4.78 is 13.2. The van der Waals surface area contributed by atoms with E-state index < -0.39 is 0 Å². The van der Waals surface area contributed by atoms with Crippen LogP contribution in [0.15, 0.2) is 24.3 Å². The fraction of sp³-hybridized carbons (Fsp3) is 0.692. The lowest BCUT2D eigenvalue weighted by Crippen LogP contribution is -2.57. The Hall–Kier alpha value is -1.91. The highest BCUT2D eigenvalue weighted by Crippen LogP contribution is 2.46. The van der Waals surface area contributed by atoms with Gasteiger partial charge in [-0.05, 0) is 76.5 Å². The van der Waals surface area contributed by atoms with Gasteiger partial charge in [0.1, 0.15) is 5.82 Å². The third-order valence-electron chi connectivity index (χ3n) is 7.17. The van der Waals surface area contributed by atoms with E-state index in [-0.39, 0.29) is 34.5 Å². The molecule has 31 heavy (non-hydrogen) atoms. The number of hydrogen-bond donors (Lipinski definition) is 1. The van der Waals surface area contributed by atoms with Crippen molar-refractivity contribution in [1.29, 1.82) is 0 Å². The van der Waals surface area contributed by atoms with Crippen molar-refractivity contribution < 1.29 is 14.0 Å². The van der Waals surface area contributed by atoms with Crippen LogP contribution in [-0.2, 0) is 16.0 Å². The molecule has 0 spiro atoms. The van der Waals surface area contributed by atoms with E-state index in [1.807, 2.05) is 32.6 Å². The number of amides is 2. The molecule has 1 aromatic carbocycles. The fourth-order valence-electron chi connectivity index (χ4n) is 5.44. The number of benzene rings is 1. The Labute approximate surface area is 187 Å². The first kappa shape index (κ1) is 23.7. The molecule has 1 aliphatic carbocycles. The topological polar surface area (TPSA) is 49.4 Å². The van der Waals surface area contributed by atoms with E-state index in [1.54, 1.807) is 12.1 Å². The molecule has 2 fully saturated rings. The highest BCUT2D eigenvalue weighted by Gasteiger charge is 2.48. The number of hydrogen-bond acceptors (Lipinski definition) is 2. The smallest absolute Gasteiger partial charge is 0.227 e. The Kier molecular flexibility index (Phi) is 7.43. The van der Waals surface area contributed by atoms with Gasteiger partial charge >= 0.3 is 0 Å². The minimum atomic E-state index is -0.356. The van der Waals surface area contributed by atoms with Crippen molar-refractivity contribution in [3.05, 3.63) is 35.6 Å². The van der Waals surface area contributed by atoms with E-state index in [0.29, 0.717) is 25.4 Å². The van der Waals surface area contributed by atoms with Crippen LogP contribution in [0.25, 0.3) is 0 Å². The molecule has 1 N–H and O–H groups in total. The van der Waals surface area contributed by atoms with Crippen LogP contribution in [0.4, 0.5) is 4.39 Å². The molecular formula is C26H39FN2O2. The summed E-state index contributed by atoms with van der Waals surface area (Å²) in [5, 5.41) is 3.26. The van der Waals surface area contributed by atoms with E-state index in [4.69, 9.17) is 0 Å². The van der Waals surface area contributed by atoms with Gasteiger partial charge in [0.25, 0.3) is 0 Å². The predicted octanol–water partition coefficient (Wildman–Crippen LogP) is 5.11. The summed E-state index contributed by atoms with van der Waals surface area (Å²) in [6.07, 6.45) is 7.99. The quantitative estimate of drug-likeness (QED) is 0.706. The molecule has 2 amide bonds. The van der Waals surface area contributed by atoms with Gasteiger partial charge in [-0.2, -0.15) is 0 Å². The number of piperidine rings is 1. The number of nitrogens with one attached hydrogen (secondary N) is 1. The first-order chi connectivity index (χ1) is 14.6. The monoisotopic (exact) mass is 430 g/mol. The number of carbonyl (C=O) groups is 2. The lowest BCUT2D eigenvalue weighted by molar-refractivity contribution is -0.147. The Balaban J connectivity index is 1.67. The second-order valence-corrected chi connectivity index (χ2v) is 10.8. The van der Waals surface area contributed by atoms with Crippen molar-refractivity contribution >= 4 is 11.8 Å². The van der Waals surface area contributed by atoms with Gasteiger partial charge in [-0.15, -0.1) is 0 Å². The summed E-state index contributed by atoms with van der Waals surface area (Å²) in [5.74, 6) is 0.316. The zero-order chi connectivity index (χ0) is 22.6. The highest BCUT2D eigenvalue weighted by atomic mass is 19.1. The average molecular weight is 431 g/mol. The highest BCUT2D eigenvalue weighted by molar-refractivity contribution is 5.84. The molecule has 1 atom stereocenters. The molecular weight excluding hydrogens is 391 g/mol. The Bertz CT molecular complexity index is 755. The molecule has 172 valence electrons. The van der Waals surface area contributed by atoms with Crippen molar-refractivity contribution in [3.63, 3.8) is 0 Å². The first-order valence-corrected chi connectivity index (χ1v) is 12.0. The van der Waals surface area contributed by atoms with Gasteiger partial charge in [0.15, 0.2) is 0 Å². The molecule has 4 nitrogen and oxygen atoms in total. The number of nitrogens with zero attached hydrogens (tertiary/aromatic N) is 1. The predicted molar refractivity (Wildman–Crippen MR) is 122 cm³/mol. The van der Waals surface area contributed by atoms with E-state index in [0.717, 1.165) is 31.2 Å². The van der Waals surface area contributed by atoms with Crippen molar-refractivity contribution in [2.45, 2.75) is 84.6 Å². The fourth-order valence-corrected chi connectivity index (χ4v) is 5.44. The maximum Gasteiger partial charge on any atom is 0.227 e. The van der Waals surface area contributed by atoms with Gasteiger partial charge in [0.2, 0.25) is 11.8 Å². The minimum absolute atomic E-state index is 0.137. The lowest BCUT2D eigenvalue weighted by Gasteiger charge is -2.48. The summed E-state index contributed by atoms with van der Waals surface area (Å²) in [6, 6.07) is 6.39. The maximum absolute atomic E-state index is 13.5. The maximum atomic E-state index is 13.5. The van der Waals surface area contributed by atoms with E-state index in [1.165, 1.54) is 31.4 Å². The van der Waals surface area contributed by atoms with Crippen LogP contribution >= 0.6 is 0 Å². The molecule has 1 heterocycles. The summed E-state index contributed by atoms with van der Waals surface area (Å²) in [5.41, 5.74) is 0.362. The Morgan fingerprint density at radius 1 is 1.10 bits per heavy atom. The number of carbonyl (C=O) groups excluding carboxylic acids is 2. The molecule has 2 aliphatic rings. The Morgan fingerprint density at radius 2 is 1.68 bits per heavy atom. The molecule has 0 bridgehead atoms. The van der Waals surface area contributed by atoms with Crippen LogP contribution in [0.2, 0.25) is 0 Å². The van der Waals surface area contributed by atoms with Gasteiger partial charge < -0.3 is 10.2 Å². The van der Waals surface area contributed by atoms with Crippen molar-refractivity contribution in [1.82, 2.24) is 10.2 Å². The van der Waals surface area contributed by atoms with Crippen molar-refractivity contribution in [2.75, 3.05) is 13.1 Å². The number of rotatable bonds is 5. The number of likely N-dealkylation sites (tertiary alicyclic amines) is 1. The normalized spacial score (nSPS) is 20.9. The van der Waals surface area contributed by atoms with Crippen molar-refractivity contribution in [2.24, 2.45) is 17.3 Å². The molecule has 0 radical (unpaired) electrons. The Morgan fingerprint density at radius 3 is 2.23 bits per heavy atom. The van der Waals surface area contributed by atoms with Crippen molar-refractivity contribution in [3.8, 4) is 0 Å². The molecule has 1 saturated carbocycles. The van der Waals surface area contributed by atoms with E-state index in [9.17, 15) is 14.0 Å². The zero-order valence-corrected chi connectivity index (χ0v) is 19.7. The van der Waals surface area contributed by atoms with Gasteiger partial charge in [-0.3, -0.25) is 9.59 Å². The van der Waals surface area contributed by atoms with Gasteiger partial charge in [0.05, 0.1) is 5.41 Å². The molecule has 1 saturated heterocycles. The summed E-state index contributed by atoms with van der Waals surface area (Å²) in [6.45, 7) is 9.34. The minimum Gasteiger partial charge on any atom is -0.351 e. The SMILES string of the molecule is C[C@H](Cc1ccc(F)cc1)C(=O)N1CCC(C(=O)NC(C)(C)C)(C2CCCCC2)CC1. The van der Waals surface area contributed by atoms with E-state index >= 15 is 0 Å². The molecule has 3 rings (SSSR count). The molecule has 0 unspecified atom stereocenters. The second-order valence-electron chi connectivity index (χ2n) is 10.8. The number of halogens is 1. The lowest BCUT2D eigenvalue weighted by atomic mass is 9.63. The largest absolute Gasteiger partial charge is 0.351 e. The van der Waals surface area contributed by atoms with E-state index in [2.05, 4.69) is 5.32 Å². The standard InChI is InChI=1S/C26H39FN2O2/c1-19(18-20-10-12-22(27)13-11-20)23(30)29-16-14-26(15-17-29,21-8-6-5-7-9-21)24(31)28-25(2,3)4/h10-13,19,21H,5-9,14-18H2,1-4H3,(H,28,31)/t19-/m1/s1. The van der Waals surface area contributed by atoms with Gasteiger partial charge in [0, 0.05) is 24.5 Å². The van der Waals surface area contributed by atoms with Crippen LogP contribution in [0, 0.1) is 23.1 Å². The average Bonchev–Trinajstić information content (AvgIpc) is 2.74. The van der Waals surface area contributed by atoms with Crippen LogP contribution in [-0.4, -0.2) is 35.3 Å².